The van der Waals surface area contributed by atoms with Crippen molar-refractivity contribution in [3.63, 3.8) is 0 Å². The highest BCUT2D eigenvalue weighted by molar-refractivity contribution is 5.89. The third-order valence-corrected chi connectivity index (χ3v) is 5.71. The van der Waals surface area contributed by atoms with Crippen molar-refractivity contribution < 1.29 is 9.53 Å². The average molecular weight is 329 g/mol. The minimum atomic E-state index is -0.176. The molecule has 3 rings (SSSR count). The third kappa shape index (κ3) is 4.38. The molecule has 3 nitrogen and oxygen atoms in total. The van der Waals surface area contributed by atoms with Gasteiger partial charge in [-0.15, -0.1) is 0 Å². The van der Waals surface area contributed by atoms with Crippen molar-refractivity contribution in [3.8, 4) is 0 Å². The van der Waals surface area contributed by atoms with Crippen molar-refractivity contribution in [2.75, 3.05) is 0 Å². The molecule has 1 heterocycles. The van der Waals surface area contributed by atoms with Crippen LogP contribution >= 0.6 is 0 Å². The summed E-state index contributed by atoms with van der Waals surface area (Å²) in [5.41, 5.74) is 2.06. The van der Waals surface area contributed by atoms with Crippen molar-refractivity contribution in [1.29, 1.82) is 0 Å². The van der Waals surface area contributed by atoms with Crippen molar-refractivity contribution in [2.45, 2.75) is 83.4 Å². The normalized spacial score (nSPS) is 33.9. The molecule has 0 bridgehead atoms. The SMILES string of the molecule is CC1CCC(c2ccc(C(=O)OC3CC(C)NC(C)C3)cc2)CC1. The van der Waals surface area contributed by atoms with Crippen LogP contribution in [0, 0.1) is 5.92 Å². The van der Waals surface area contributed by atoms with E-state index in [0.29, 0.717) is 23.6 Å². The minimum absolute atomic E-state index is 0.0308. The maximum Gasteiger partial charge on any atom is 0.338 e. The van der Waals surface area contributed by atoms with Gasteiger partial charge < -0.3 is 10.1 Å². The molecule has 2 fully saturated rings. The molecule has 2 aliphatic rings. The molecule has 2 atom stereocenters. The van der Waals surface area contributed by atoms with Gasteiger partial charge >= 0.3 is 5.97 Å². The molecule has 24 heavy (non-hydrogen) atoms. The first kappa shape index (κ1) is 17.5. The molecule has 1 aliphatic heterocycles. The molecular formula is C21H31NO2. The summed E-state index contributed by atoms with van der Waals surface area (Å²) >= 11 is 0. The van der Waals surface area contributed by atoms with E-state index >= 15 is 0 Å². The minimum Gasteiger partial charge on any atom is -0.459 e. The second-order valence-electron chi connectivity index (χ2n) is 8.05. The van der Waals surface area contributed by atoms with E-state index in [4.69, 9.17) is 4.74 Å². The molecule has 0 amide bonds. The van der Waals surface area contributed by atoms with Crippen LogP contribution in [0.5, 0.6) is 0 Å². The van der Waals surface area contributed by atoms with Crippen LogP contribution in [-0.2, 0) is 4.74 Å². The zero-order chi connectivity index (χ0) is 17.1. The van der Waals surface area contributed by atoms with E-state index in [0.717, 1.165) is 18.8 Å². The summed E-state index contributed by atoms with van der Waals surface area (Å²) in [6, 6.07) is 8.97. The summed E-state index contributed by atoms with van der Waals surface area (Å²) in [7, 11) is 0. The number of piperidine rings is 1. The Labute approximate surface area is 146 Å². The fourth-order valence-electron chi connectivity index (χ4n) is 4.31. The van der Waals surface area contributed by atoms with Crippen LogP contribution in [-0.4, -0.2) is 24.2 Å². The molecule has 1 saturated carbocycles. The fourth-order valence-corrected chi connectivity index (χ4v) is 4.31. The van der Waals surface area contributed by atoms with Gasteiger partial charge in [-0.25, -0.2) is 4.79 Å². The molecule has 1 saturated heterocycles. The van der Waals surface area contributed by atoms with Gasteiger partial charge in [0.05, 0.1) is 5.56 Å². The van der Waals surface area contributed by atoms with Gasteiger partial charge in [0.25, 0.3) is 0 Å². The Morgan fingerprint density at radius 1 is 0.958 bits per heavy atom. The van der Waals surface area contributed by atoms with Gasteiger partial charge in [-0.1, -0.05) is 31.9 Å². The van der Waals surface area contributed by atoms with E-state index in [2.05, 4.69) is 38.2 Å². The molecule has 132 valence electrons. The van der Waals surface area contributed by atoms with Crippen LogP contribution in [0.3, 0.4) is 0 Å². The first-order valence-electron chi connectivity index (χ1n) is 9.58. The third-order valence-electron chi connectivity index (χ3n) is 5.71. The van der Waals surface area contributed by atoms with E-state index in [1.54, 1.807) is 0 Å². The van der Waals surface area contributed by atoms with Crippen molar-refractivity contribution >= 4 is 5.97 Å². The van der Waals surface area contributed by atoms with Gasteiger partial charge in [0.1, 0.15) is 6.10 Å². The Bertz CT molecular complexity index is 535. The monoisotopic (exact) mass is 329 g/mol. The predicted molar refractivity (Wildman–Crippen MR) is 97.3 cm³/mol. The molecule has 1 N–H and O–H groups in total. The maximum atomic E-state index is 12.4. The molecule has 0 spiro atoms. The van der Waals surface area contributed by atoms with Gasteiger partial charge in [-0.05, 0) is 69.1 Å². The van der Waals surface area contributed by atoms with Crippen molar-refractivity contribution in [2.24, 2.45) is 5.92 Å². The van der Waals surface area contributed by atoms with Gasteiger partial charge in [-0.2, -0.15) is 0 Å². The standard InChI is InChI=1S/C21H31NO2/c1-14-4-6-17(7-5-14)18-8-10-19(11-9-18)21(23)24-20-12-15(2)22-16(3)13-20/h8-11,14-17,20,22H,4-7,12-13H2,1-3H3. The quantitative estimate of drug-likeness (QED) is 0.819. The van der Waals surface area contributed by atoms with Gasteiger partial charge in [0.15, 0.2) is 0 Å². The van der Waals surface area contributed by atoms with Crippen LogP contribution in [0.2, 0.25) is 0 Å². The Morgan fingerprint density at radius 2 is 1.54 bits per heavy atom. The van der Waals surface area contributed by atoms with Crippen molar-refractivity contribution in [3.05, 3.63) is 35.4 Å². The summed E-state index contributed by atoms with van der Waals surface area (Å²) in [6.45, 7) is 6.64. The van der Waals surface area contributed by atoms with Gasteiger partial charge in [0.2, 0.25) is 0 Å². The number of rotatable bonds is 3. The Hall–Kier alpha value is -1.35. The molecular weight excluding hydrogens is 298 g/mol. The number of hydrogen-bond acceptors (Lipinski definition) is 3. The Morgan fingerprint density at radius 3 is 2.12 bits per heavy atom. The van der Waals surface area contributed by atoms with E-state index in [-0.39, 0.29) is 12.1 Å². The lowest BCUT2D eigenvalue weighted by molar-refractivity contribution is 0.0147. The second-order valence-corrected chi connectivity index (χ2v) is 8.05. The summed E-state index contributed by atoms with van der Waals surface area (Å²) in [4.78, 5) is 12.4. The van der Waals surface area contributed by atoms with Crippen LogP contribution in [0.15, 0.2) is 24.3 Å². The zero-order valence-electron chi connectivity index (χ0n) is 15.3. The fraction of sp³-hybridized carbons (Fsp3) is 0.667. The number of esters is 1. The van der Waals surface area contributed by atoms with Crippen LogP contribution < -0.4 is 5.32 Å². The smallest absolute Gasteiger partial charge is 0.338 e. The number of carbonyl (C=O) groups excluding carboxylic acids is 1. The number of carbonyl (C=O) groups is 1. The highest BCUT2D eigenvalue weighted by Gasteiger charge is 2.26. The lowest BCUT2D eigenvalue weighted by Gasteiger charge is -2.32. The molecule has 1 aromatic rings. The average Bonchev–Trinajstić information content (AvgIpc) is 2.55. The topological polar surface area (TPSA) is 38.3 Å². The molecule has 3 heteroatoms. The molecule has 2 unspecified atom stereocenters. The number of ether oxygens (including phenoxy) is 1. The van der Waals surface area contributed by atoms with Gasteiger partial charge in [0, 0.05) is 12.1 Å². The highest BCUT2D eigenvalue weighted by atomic mass is 16.5. The number of hydrogen-bond donors (Lipinski definition) is 1. The lowest BCUT2D eigenvalue weighted by Crippen LogP contribution is -2.45. The van der Waals surface area contributed by atoms with E-state index < -0.39 is 0 Å². The largest absolute Gasteiger partial charge is 0.459 e. The summed E-state index contributed by atoms with van der Waals surface area (Å²) in [5.74, 6) is 1.35. The van der Waals surface area contributed by atoms with E-state index in [1.165, 1.54) is 31.2 Å². The first-order chi connectivity index (χ1) is 11.5. The van der Waals surface area contributed by atoms with Crippen molar-refractivity contribution in [1.82, 2.24) is 5.32 Å². The number of nitrogens with one attached hydrogen (secondary N) is 1. The van der Waals surface area contributed by atoms with E-state index in [9.17, 15) is 4.79 Å². The second kappa shape index (κ2) is 7.69. The predicted octanol–water partition coefficient (Wildman–Crippen LogP) is 4.67. The first-order valence-corrected chi connectivity index (χ1v) is 9.58. The summed E-state index contributed by atoms with van der Waals surface area (Å²) in [6.07, 6.45) is 7.01. The molecule has 0 radical (unpaired) electrons. The maximum absolute atomic E-state index is 12.4. The highest BCUT2D eigenvalue weighted by Crippen LogP contribution is 2.35. The lowest BCUT2D eigenvalue weighted by atomic mass is 9.79. The molecule has 1 aliphatic carbocycles. The Balaban J connectivity index is 1.57. The van der Waals surface area contributed by atoms with E-state index in [1.807, 2.05) is 12.1 Å². The van der Waals surface area contributed by atoms with Crippen LogP contribution in [0.4, 0.5) is 0 Å². The summed E-state index contributed by atoms with van der Waals surface area (Å²) in [5, 5.41) is 3.48. The molecule has 1 aromatic carbocycles. The molecule has 0 aromatic heterocycles. The zero-order valence-corrected chi connectivity index (χ0v) is 15.3. The Kier molecular flexibility index (Phi) is 5.60. The van der Waals surface area contributed by atoms with Gasteiger partial charge in [-0.3, -0.25) is 0 Å². The van der Waals surface area contributed by atoms with Crippen LogP contribution in [0.1, 0.15) is 81.1 Å². The summed E-state index contributed by atoms with van der Waals surface area (Å²) < 4.78 is 5.74. The van der Waals surface area contributed by atoms with Crippen LogP contribution in [0.25, 0.3) is 0 Å². The number of benzene rings is 1.